The van der Waals surface area contributed by atoms with Crippen LogP contribution in [0.3, 0.4) is 0 Å². The molecule has 10 heteroatoms. The second-order valence-electron chi connectivity index (χ2n) is 8.66. The Balaban J connectivity index is 1.47. The lowest BCUT2D eigenvalue weighted by Gasteiger charge is -2.39. The van der Waals surface area contributed by atoms with E-state index in [1.54, 1.807) is 37.4 Å². The number of benzene rings is 1. The fourth-order valence-corrected chi connectivity index (χ4v) is 4.88. The topological polar surface area (TPSA) is 97.7 Å². The first-order chi connectivity index (χ1) is 18.0. The number of para-hydroxylation sites is 1. The molecule has 5 rings (SSSR count). The Morgan fingerprint density at radius 2 is 2.19 bits per heavy atom. The van der Waals surface area contributed by atoms with Crippen LogP contribution in [0, 0.1) is 11.8 Å². The van der Waals surface area contributed by atoms with E-state index in [2.05, 4.69) is 27.5 Å². The number of nitrogens with one attached hydrogen (secondary N) is 2. The van der Waals surface area contributed by atoms with Gasteiger partial charge in [-0.05, 0) is 37.5 Å². The zero-order valence-corrected chi connectivity index (χ0v) is 21.3. The number of hydrogen-bond donors (Lipinski definition) is 2. The van der Waals surface area contributed by atoms with Gasteiger partial charge in [-0.1, -0.05) is 23.6 Å². The average molecular weight is 520 g/mol. The van der Waals surface area contributed by atoms with Gasteiger partial charge in [-0.3, -0.25) is 14.6 Å². The van der Waals surface area contributed by atoms with Crippen molar-refractivity contribution in [1.82, 2.24) is 19.8 Å². The van der Waals surface area contributed by atoms with Gasteiger partial charge in [-0.15, -0.1) is 0 Å². The first-order valence-corrected chi connectivity index (χ1v) is 12.3. The highest BCUT2D eigenvalue weighted by Gasteiger charge is 2.32. The number of ether oxygens (including phenoxy) is 2. The number of hydrogen-bond acceptors (Lipinski definition) is 6. The quantitative estimate of drug-likeness (QED) is 0.463. The summed E-state index contributed by atoms with van der Waals surface area (Å²) in [5, 5.41) is 6.71. The number of pyridine rings is 1. The number of halogens is 1. The summed E-state index contributed by atoms with van der Waals surface area (Å²) in [6, 6.07) is 7.19. The second-order valence-corrected chi connectivity index (χ2v) is 9.06. The van der Waals surface area contributed by atoms with E-state index < -0.39 is 0 Å². The monoisotopic (exact) mass is 519 g/mol. The number of carbonyl (C=O) groups excluding carboxylic acids is 2. The molecule has 3 aromatic rings. The SMILES string of the molecule is CC#CC(=O)N1CC[C@H]1COc1cnccc1-n1cc(Nc2cccc(Cl)c2OC)c2c1CCNC2=O. The molecule has 2 amide bonds. The van der Waals surface area contributed by atoms with Crippen molar-refractivity contribution in [2.75, 3.05) is 32.1 Å². The molecule has 0 saturated carbocycles. The molecule has 0 spiro atoms. The van der Waals surface area contributed by atoms with Crippen molar-refractivity contribution in [3.8, 4) is 29.0 Å². The van der Waals surface area contributed by atoms with Crippen LogP contribution >= 0.6 is 11.6 Å². The third-order valence-electron chi connectivity index (χ3n) is 6.51. The van der Waals surface area contributed by atoms with Gasteiger partial charge < -0.3 is 29.6 Å². The molecule has 1 saturated heterocycles. The van der Waals surface area contributed by atoms with Crippen LogP contribution < -0.4 is 20.1 Å². The summed E-state index contributed by atoms with van der Waals surface area (Å²) in [6.45, 7) is 3.16. The molecule has 4 heterocycles. The third kappa shape index (κ3) is 4.68. The van der Waals surface area contributed by atoms with Gasteiger partial charge in [0.15, 0.2) is 11.5 Å². The van der Waals surface area contributed by atoms with Crippen LogP contribution in [0.15, 0.2) is 42.9 Å². The Kier molecular flexibility index (Phi) is 6.93. The highest BCUT2D eigenvalue weighted by atomic mass is 35.5. The molecule has 0 radical (unpaired) electrons. The predicted octanol–water partition coefficient (Wildman–Crippen LogP) is 3.57. The Labute approximate surface area is 219 Å². The molecule has 0 bridgehead atoms. The molecule has 0 aliphatic carbocycles. The Morgan fingerprint density at radius 3 is 2.95 bits per heavy atom. The highest BCUT2D eigenvalue weighted by molar-refractivity contribution is 6.32. The molecular formula is C27H26ClN5O4. The number of likely N-dealkylation sites (tertiary alicyclic amines) is 1. The number of rotatable bonds is 7. The predicted molar refractivity (Wildman–Crippen MR) is 140 cm³/mol. The van der Waals surface area contributed by atoms with Gasteiger partial charge in [0.2, 0.25) is 0 Å². The maximum absolute atomic E-state index is 12.9. The van der Waals surface area contributed by atoms with E-state index in [1.807, 2.05) is 29.0 Å². The Bertz CT molecular complexity index is 1420. The van der Waals surface area contributed by atoms with E-state index >= 15 is 0 Å². The van der Waals surface area contributed by atoms with Gasteiger partial charge in [-0.2, -0.15) is 0 Å². The lowest BCUT2D eigenvalue weighted by Crippen LogP contribution is -2.53. The molecule has 9 nitrogen and oxygen atoms in total. The normalized spacial score (nSPS) is 16.0. The number of methoxy groups -OCH3 is 1. The van der Waals surface area contributed by atoms with Crippen molar-refractivity contribution in [3.63, 3.8) is 0 Å². The zero-order chi connectivity index (χ0) is 25.9. The van der Waals surface area contributed by atoms with Crippen LogP contribution in [0.1, 0.15) is 29.4 Å². The minimum absolute atomic E-state index is 0.0433. The largest absolute Gasteiger partial charge is 0.493 e. The van der Waals surface area contributed by atoms with Crippen molar-refractivity contribution in [2.45, 2.75) is 25.8 Å². The van der Waals surface area contributed by atoms with Gasteiger partial charge in [-0.25, -0.2) is 0 Å². The average Bonchev–Trinajstić information content (AvgIpc) is 3.23. The lowest BCUT2D eigenvalue weighted by molar-refractivity contribution is -0.133. The first kappa shape index (κ1) is 24.5. The number of nitrogens with zero attached hydrogens (tertiary/aromatic N) is 3. The summed E-state index contributed by atoms with van der Waals surface area (Å²) in [5.41, 5.74) is 3.40. The van der Waals surface area contributed by atoms with Gasteiger partial charge >= 0.3 is 0 Å². The molecule has 190 valence electrons. The van der Waals surface area contributed by atoms with Crippen LogP contribution in [0.2, 0.25) is 5.02 Å². The minimum Gasteiger partial charge on any atom is -0.493 e. The number of anilines is 2. The summed E-state index contributed by atoms with van der Waals surface area (Å²) in [4.78, 5) is 31.1. The number of carbonyl (C=O) groups is 2. The minimum atomic E-state index is -0.189. The van der Waals surface area contributed by atoms with E-state index in [4.69, 9.17) is 21.1 Å². The summed E-state index contributed by atoms with van der Waals surface area (Å²) in [6.07, 6.45) is 6.68. The molecular weight excluding hydrogens is 494 g/mol. The Morgan fingerprint density at radius 1 is 1.32 bits per heavy atom. The molecule has 2 N–H and O–H groups in total. The van der Waals surface area contributed by atoms with Crippen LogP contribution in [0.25, 0.3) is 5.69 Å². The van der Waals surface area contributed by atoms with Crippen LogP contribution in [0.5, 0.6) is 11.5 Å². The van der Waals surface area contributed by atoms with Crippen molar-refractivity contribution < 1.29 is 19.1 Å². The van der Waals surface area contributed by atoms with Gasteiger partial charge in [0.1, 0.15) is 6.61 Å². The fourth-order valence-electron chi connectivity index (χ4n) is 4.63. The third-order valence-corrected chi connectivity index (χ3v) is 6.81. The van der Waals surface area contributed by atoms with Crippen molar-refractivity contribution in [3.05, 3.63) is 59.1 Å². The number of fused-ring (bicyclic) bond motifs is 1. The smallest absolute Gasteiger partial charge is 0.298 e. The van der Waals surface area contributed by atoms with E-state index in [1.165, 1.54) is 0 Å². The van der Waals surface area contributed by atoms with Gasteiger partial charge in [0.25, 0.3) is 11.8 Å². The highest BCUT2D eigenvalue weighted by Crippen LogP contribution is 2.38. The number of amides is 2. The van der Waals surface area contributed by atoms with Crippen LogP contribution in [-0.2, 0) is 11.2 Å². The summed E-state index contributed by atoms with van der Waals surface area (Å²) in [7, 11) is 1.55. The lowest BCUT2D eigenvalue weighted by atomic mass is 10.0. The van der Waals surface area contributed by atoms with Crippen LogP contribution in [0.4, 0.5) is 11.4 Å². The maximum Gasteiger partial charge on any atom is 0.298 e. The summed E-state index contributed by atoms with van der Waals surface area (Å²) >= 11 is 6.31. The summed E-state index contributed by atoms with van der Waals surface area (Å²) < 4.78 is 13.6. The van der Waals surface area contributed by atoms with E-state index in [0.29, 0.717) is 59.6 Å². The standard InChI is InChI=1S/C27H26ClN5O4/c1-3-5-24(34)32-13-10-17(32)16-37-23-14-29-11-8-21(23)33-15-20(25-22(33)9-12-30-27(25)35)31-19-7-4-6-18(28)26(19)36-2/h4,6-8,11,14-15,17,31H,9-10,12-13,16H2,1-2H3,(H,30,35)/t17-/m0/s1. The molecule has 0 unspecified atom stereocenters. The first-order valence-electron chi connectivity index (χ1n) is 11.9. The molecule has 1 fully saturated rings. The van der Waals surface area contributed by atoms with E-state index in [0.717, 1.165) is 17.8 Å². The van der Waals surface area contributed by atoms with Crippen molar-refractivity contribution in [2.24, 2.45) is 0 Å². The molecule has 2 aromatic heterocycles. The molecule has 37 heavy (non-hydrogen) atoms. The zero-order valence-electron chi connectivity index (χ0n) is 20.5. The molecule has 1 atom stereocenters. The maximum atomic E-state index is 12.9. The fraction of sp³-hybridized carbons (Fsp3) is 0.296. The van der Waals surface area contributed by atoms with Gasteiger partial charge in [0, 0.05) is 37.6 Å². The second kappa shape index (κ2) is 10.4. The van der Waals surface area contributed by atoms with Gasteiger partial charge in [0.05, 0.1) is 47.0 Å². The van der Waals surface area contributed by atoms with Crippen LogP contribution in [-0.4, -0.2) is 59.1 Å². The number of aromatic nitrogens is 2. The molecule has 1 aromatic carbocycles. The van der Waals surface area contributed by atoms with E-state index in [9.17, 15) is 9.59 Å². The van der Waals surface area contributed by atoms with E-state index in [-0.39, 0.29) is 17.9 Å². The van der Waals surface area contributed by atoms with Crippen molar-refractivity contribution in [1.29, 1.82) is 0 Å². The van der Waals surface area contributed by atoms with Crippen molar-refractivity contribution >= 4 is 34.8 Å². The Hall–Kier alpha value is -4.16. The molecule has 2 aliphatic heterocycles. The molecule has 2 aliphatic rings. The summed E-state index contributed by atoms with van der Waals surface area (Å²) in [5.74, 6) is 5.93.